The van der Waals surface area contributed by atoms with Gasteiger partial charge in [-0.25, -0.2) is 4.79 Å². The lowest BCUT2D eigenvalue weighted by Gasteiger charge is -2.33. The van der Waals surface area contributed by atoms with Crippen LogP contribution >= 0.6 is 0 Å². The average molecular weight is 314 g/mol. The van der Waals surface area contributed by atoms with Crippen molar-refractivity contribution in [1.82, 2.24) is 4.90 Å². The fraction of sp³-hybridized carbons (Fsp3) is 0.533. The van der Waals surface area contributed by atoms with Crippen LogP contribution in [0.25, 0.3) is 0 Å². The van der Waals surface area contributed by atoms with Crippen LogP contribution in [-0.4, -0.2) is 40.8 Å². The highest BCUT2D eigenvalue weighted by molar-refractivity contribution is 5.91. The van der Waals surface area contributed by atoms with Crippen molar-refractivity contribution in [1.29, 1.82) is 0 Å². The van der Waals surface area contributed by atoms with E-state index in [2.05, 4.69) is 10.1 Å². The van der Waals surface area contributed by atoms with E-state index in [1.807, 2.05) is 0 Å². The topological polar surface area (TPSA) is 61.8 Å². The van der Waals surface area contributed by atoms with Crippen LogP contribution in [0, 0.1) is 0 Å². The molecule has 0 saturated carbocycles. The summed E-state index contributed by atoms with van der Waals surface area (Å²) in [7, 11) is 0. The van der Waals surface area contributed by atoms with Crippen molar-refractivity contribution >= 4 is 11.7 Å². The molecule has 0 spiro atoms. The molecule has 1 atom stereocenters. The number of carbonyl (C=O) groups excluding carboxylic acids is 1. The van der Waals surface area contributed by atoms with Gasteiger partial charge in [0, 0.05) is 6.54 Å². The number of anilines is 1. The molecule has 1 aliphatic heterocycles. The van der Waals surface area contributed by atoms with E-state index in [9.17, 15) is 18.7 Å². The number of hydrogen-bond acceptors (Lipinski definition) is 3. The number of likely N-dealkylation sites (tertiary alicyclic amines) is 1. The lowest BCUT2D eigenvalue weighted by Crippen LogP contribution is -2.49. The lowest BCUT2D eigenvalue weighted by atomic mass is 9.97. The first-order valence-electron chi connectivity index (χ1n) is 7.13. The Labute approximate surface area is 127 Å². The molecular weight excluding hydrogens is 294 g/mol. The Balaban J connectivity index is 2.12. The standard InChI is InChI=1S/C15H20F2N2O3/c1-15(2,21)12-8-5-9-19(12)14(20)18-10-6-3-4-7-11(10)22-13(16)17/h3-4,6-7,12-13,21H,5,8-9H2,1-2H3,(H,18,20). The van der Waals surface area contributed by atoms with Crippen molar-refractivity contribution in [2.75, 3.05) is 11.9 Å². The quantitative estimate of drug-likeness (QED) is 0.898. The maximum absolute atomic E-state index is 12.4. The van der Waals surface area contributed by atoms with Gasteiger partial charge >= 0.3 is 12.6 Å². The number of ether oxygens (including phenoxy) is 1. The number of nitrogens with zero attached hydrogens (tertiary/aromatic N) is 1. The van der Waals surface area contributed by atoms with Gasteiger partial charge in [0.25, 0.3) is 0 Å². The van der Waals surface area contributed by atoms with E-state index >= 15 is 0 Å². The minimum Gasteiger partial charge on any atom is -0.433 e. The van der Waals surface area contributed by atoms with Gasteiger partial charge in [-0.3, -0.25) is 0 Å². The summed E-state index contributed by atoms with van der Waals surface area (Å²) in [4.78, 5) is 13.9. The minimum atomic E-state index is -2.96. The fourth-order valence-electron chi connectivity index (χ4n) is 2.70. The molecule has 1 saturated heterocycles. The van der Waals surface area contributed by atoms with Gasteiger partial charge in [0.1, 0.15) is 5.75 Å². The minimum absolute atomic E-state index is 0.0927. The Hall–Kier alpha value is -1.89. The van der Waals surface area contributed by atoms with Crippen molar-refractivity contribution < 1.29 is 23.4 Å². The molecule has 1 aromatic carbocycles. The van der Waals surface area contributed by atoms with Crippen molar-refractivity contribution in [2.45, 2.75) is 44.9 Å². The van der Waals surface area contributed by atoms with Crippen LogP contribution in [0.4, 0.5) is 19.3 Å². The van der Waals surface area contributed by atoms with E-state index in [0.29, 0.717) is 13.0 Å². The Kier molecular flexibility index (Phi) is 4.85. The largest absolute Gasteiger partial charge is 0.433 e. The number of hydrogen-bond donors (Lipinski definition) is 2. The molecule has 2 N–H and O–H groups in total. The molecule has 1 heterocycles. The molecule has 0 bridgehead atoms. The highest BCUT2D eigenvalue weighted by Crippen LogP contribution is 2.30. The Morgan fingerprint density at radius 2 is 2.14 bits per heavy atom. The number of urea groups is 1. The van der Waals surface area contributed by atoms with Crippen molar-refractivity contribution in [3.05, 3.63) is 24.3 Å². The summed E-state index contributed by atoms with van der Waals surface area (Å²) in [6, 6.07) is 5.27. The Bertz CT molecular complexity index is 532. The van der Waals surface area contributed by atoms with Gasteiger partial charge in [0.05, 0.1) is 17.3 Å². The molecule has 0 aliphatic carbocycles. The highest BCUT2D eigenvalue weighted by Gasteiger charge is 2.38. The smallest absolute Gasteiger partial charge is 0.387 e. The molecule has 22 heavy (non-hydrogen) atoms. The molecule has 2 rings (SSSR count). The Morgan fingerprint density at radius 3 is 2.77 bits per heavy atom. The fourth-order valence-corrected chi connectivity index (χ4v) is 2.70. The summed E-state index contributed by atoms with van der Waals surface area (Å²) in [5.41, 5.74) is -0.846. The molecule has 0 radical (unpaired) electrons. The summed E-state index contributed by atoms with van der Waals surface area (Å²) in [6.07, 6.45) is 1.49. The van der Waals surface area contributed by atoms with Crippen LogP contribution in [-0.2, 0) is 0 Å². The summed E-state index contributed by atoms with van der Waals surface area (Å²) in [5.74, 6) is -0.0927. The first kappa shape index (κ1) is 16.5. The third-order valence-electron chi connectivity index (χ3n) is 3.67. The lowest BCUT2D eigenvalue weighted by molar-refractivity contribution is -0.0493. The molecule has 1 fully saturated rings. The van der Waals surface area contributed by atoms with Crippen LogP contribution in [0.1, 0.15) is 26.7 Å². The van der Waals surface area contributed by atoms with E-state index in [1.165, 1.54) is 17.0 Å². The van der Waals surface area contributed by atoms with Gasteiger partial charge in [-0.15, -0.1) is 0 Å². The number of benzene rings is 1. The molecule has 7 heteroatoms. The van der Waals surface area contributed by atoms with Crippen molar-refractivity contribution in [3.63, 3.8) is 0 Å². The predicted molar refractivity (Wildman–Crippen MR) is 78.1 cm³/mol. The number of alkyl halides is 2. The molecule has 5 nitrogen and oxygen atoms in total. The van der Waals surface area contributed by atoms with E-state index in [1.54, 1.807) is 26.0 Å². The molecule has 1 aromatic rings. The number of para-hydroxylation sites is 2. The molecule has 1 aliphatic rings. The number of nitrogens with one attached hydrogen (secondary N) is 1. The van der Waals surface area contributed by atoms with Crippen LogP contribution in [0.5, 0.6) is 5.75 Å². The molecule has 0 aromatic heterocycles. The van der Waals surface area contributed by atoms with Crippen LogP contribution in [0.3, 0.4) is 0 Å². The Morgan fingerprint density at radius 1 is 1.45 bits per heavy atom. The zero-order valence-electron chi connectivity index (χ0n) is 12.6. The zero-order chi connectivity index (χ0) is 16.3. The summed E-state index contributed by atoms with van der Waals surface area (Å²) < 4.78 is 29.1. The summed E-state index contributed by atoms with van der Waals surface area (Å²) in [5, 5.41) is 12.7. The number of rotatable bonds is 4. The van der Waals surface area contributed by atoms with Crippen molar-refractivity contribution in [3.8, 4) is 5.75 Å². The monoisotopic (exact) mass is 314 g/mol. The molecule has 2 amide bonds. The van der Waals surface area contributed by atoms with Crippen molar-refractivity contribution in [2.24, 2.45) is 0 Å². The van der Waals surface area contributed by atoms with Gasteiger partial charge < -0.3 is 20.1 Å². The van der Waals surface area contributed by atoms with Crippen LogP contribution < -0.4 is 10.1 Å². The SMILES string of the molecule is CC(C)(O)C1CCCN1C(=O)Nc1ccccc1OC(F)F. The van der Waals surface area contributed by atoms with E-state index in [4.69, 9.17) is 0 Å². The number of aliphatic hydroxyl groups is 1. The maximum Gasteiger partial charge on any atom is 0.387 e. The van der Waals surface area contributed by atoms with E-state index < -0.39 is 18.2 Å². The highest BCUT2D eigenvalue weighted by atomic mass is 19.3. The number of carbonyl (C=O) groups is 1. The predicted octanol–water partition coefficient (Wildman–Crippen LogP) is 3.06. The third kappa shape index (κ3) is 3.85. The van der Waals surface area contributed by atoms with Gasteiger partial charge in [-0.2, -0.15) is 8.78 Å². The zero-order valence-corrected chi connectivity index (χ0v) is 12.6. The second kappa shape index (κ2) is 6.48. The van der Waals surface area contributed by atoms with Gasteiger partial charge in [-0.1, -0.05) is 12.1 Å². The van der Waals surface area contributed by atoms with Crippen LogP contribution in [0.15, 0.2) is 24.3 Å². The first-order chi connectivity index (χ1) is 10.3. The first-order valence-corrected chi connectivity index (χ1v) is 7.13. The van der Waals surface area contributed by atoms with E-state index in [0.717, 1.165) is 6.42 Å². The van der Waals surface area contributed by atoms with Gasteiger partial charge in [0.15, 0.2) is 0 Å². The molecule has 1 unspecified atom stereocenters. The number of halogens is 2. The van der Waals surface area contributed by atoms with Gasteiger partial charge in [-0.05, 0) is 38.8 Å². The second-order valence-electron chi connectivity index (χ2n) is 5.81. The third-order valence-corrected chi connectivity index (χ3v) is 3.67. The van der Waals surface area contributed by atoms with Crippen LogP contribution in [0.2, 0.25) is 0 Å². The second-order valence-corrected chi connectivity index (χ2v) is 5.81. The summed E-state index contributed by atoms with van der Waals surface area (Å²) >= 11 is 0. The normalized spacial score (nSPS) is 18.6. The van der Waals surface area contributed by atoms with E-state index in [-0.39, 0.29) is 17.5 Å². The maximum atomic E-state index is 12.4. The molecule has 122 valence electrons. The average Bonchev–Trinajstić information content (AvgIpc) is 2.89. The van der Waals surface area contributed by atoms with Gasteiger partial charge in [0.2, 0.25) is 0 Å². The number of amides is 2. The summed E-state index contributed by atoms with van der Waals surface area (Å²) in [6.45, 7) is 0.848. The molecular formula is C15H20F2N2O3.